The maximum absolute atomic E-state index is 3.05. The van der Waals surface area contributed by atoms with Gasteiger partial charge < -0.3 is 0 Å². The molecule has 0 N–H and O–H groups in total. The smallest absolute Gasteiger partial charge is 0.0000000000000326 e. The lowest BCUT2D eigenvalue weighted by Gasteiger charge is -2.12. The summed E-state index contributed by atoms with van der Waals surface area (Å²) in [7, 11) is 0. The second-order valence-electron chi connectivity index (χ2n) is 17.5. The molecule has 0 unspecified atom stereocenters. The average Bonchev–Trinajstić information content (AvgIpc) is 3.51. The van der Waals surface area contributed by atoms with Crippen molar-refractivity contribution >= 4 is 30.4 Å². The van der Waals surface area contributed by atoms with Gasteiger partial charge in [-0.2, -0.15) is 0 Å². The van der Waals surface area contributed by atoms with Crippen LogP contribution in [0.5, 0.6) is 0 Å². The highest BCUT2D eigenvalue weighted by Gasteiger charge is 2.11. The molecule has 0 atom stereocenters. The van der Waals surface area contributed by atoms with Crippen molar-refractivity contribution in [2.75, 3.05) is 0 Å². The van der Waals surface area contributed by atoms with Crippen LogP contribution in [0.1, 0.15) is 33.4 Å². The largest absolute Gasteiger partial charge is 0.0648 e. The van der Waals surface area contributed by atoms with E-state index in [1.165, 1.54) is 0 Å². The minimum atomic E-state index is 0.687. The summed E-state index contributed by atoms with van der Waals surface area (Å²) in [5.41, 5.74) is 83.8. The van der Waals surface area contributed by atoms with Crippen molar-refractivity contribution in [3.05, 3.63) is 353 Å². The molecule has 17 rings (SSSR count). The third kappa shape index (κ3) is 13.9. The lowest BCUT2D eigenvalue weighted by atomic mass is 9.92. The Kier molecular flexibility index (Phi) is 16.2. The van der Waals surface area contributed by atoms with Crippen LogP contribution in [0.25, 0.3) is 97.1 Å². The molecule has 350 valence electrons. The number of rotatable bonds is 0. The van der Waals surface area contributed by atoms with Gasteiger partial charge in [-0.25, -0.2) is 0 Å². The molecule has 0 radical (unpaired) electrons. The molecule has 0 nitrogen and oxygen atoms in total. The van der Waals surface area contributed by atoms with Gasteiger partial charge in [0.1, 0.15) is 0 Å². The molecule has 0 saturated carbocycles. The number of benzene rings is 8. The van der Waals surface area contributed by atoms with E-state index in [-0.39, 0.29) is 0 Å². The van der Waals surface area contributed by atoms with Crippen LogP contribution >= 0.6 is 0 Å². The summed E-state index contributed by atoms with van der Waals surface area (Å²) < 4.78 is 0. The van der Waals surface area contributed by atoms with Crippen LogP contribution < -0.4 is 0 Å². The standard InChI is InChI=1S/C78H38/c1-2-4-6-9-13-17-21-25-61-31-43-67(44-32-61)73-55-75-59-77(57-73)71-51-39-65(40-52-71)29-30-66-41-53-72(54-42-66)78-58-74(68-45-33-62(34-46-68)26-22-18-14-10-7-5-3-1)56-76(60-78)70-49-37-64(38-50-70)28-24-20-16-12-8-11-15-19-23-27-63-35-47-69(75)48-36-63/h23,25-26,28-60H,27H2/b30-29-. The monoisotopic (exact) mass is 974 g/mol. The molecule has 0 aliphatic heterocycles. The van der Waals surface area contributed by atoms with E-state index in [2.05, 4.69) is 326 Å². The normalized spacial score (nSPS) is 11.5. The van der Waals surface area contributed by atoms with Crippen molar-refractivity contribution in [2.45, 2.75) is 6.42 Å². The van der Waals surface area contributed by atoms with Gasteiger partial charge >= 0.3 is 0 Å². The van der Waals surface area contributed by atoms with Gasteiger partial charge in [0, 0.05) is 0 Å². The third-order valence-electron chi connectivity index (χ3n) is 12.3. The van der Waals surface area contributed by atoms with E-state index in [4.69, 9.17) is 0 Å². The van der Waals surface area contributed by atoms with Crippen LogP contribution in [0.3, 0.4) is 0 Å². The molecule has 0 fully saturated rings. The average molecular weight is 975 g/mol. The Morgan fingerprint density at radius 3 is 0.679 bits per heavy atom. The second kappa shape index (κ2) is 25.5. The van der Waals surface area contributed by atoms with E-state index >= 15 is 0 Å². The van der Waals surface area contributed by atoms with Crippen molar-refractivity contribution in [2.24, 2.45) is 0 Å². The summed E-state index contributed by atoms with van der Waals surface area (Å²) in [5.74, 6) is 0. The van der Waals surface area contributed by atoms with Crippen LogP contribution in [-0.2, 0) is 6.42 Å². The molecule has 0 heterocycles. The first-order valence-electron chi connectivity index (χ1n) is 24.8. The maximum atomic E-state index is 3.05. The van der Waals surface area contributed by atoms with Gasteiger partial charge in [-0.15, -0.1) is 0 Å². The molecule has 0 aromatic heterocycles. The van der Waals surface area contributed by atoms with Crippen molar-refractivity contribution in [1.29, 1.82) is 0 Å². The van der Waals surface area contributed by atoms with Crippen molar-refractivity contribution < 1.29 is 0 Å². The molecule has 0 amide bonds. The van der Waals surface area contributed by atoms with Crippen molar-refractivity contribution in [3.8, 4) is 66.8 Å². The van der Waals surface area contributed by atoms with Gasteiger partial charge in [0.2, 0.25) is 0 Å². The summed E-state index contributed by atoms with van der Waals surface area (Å²) in [6.07, 6.45) is 12.5. The Bertz CT molecular complexity index is 4720. The lowest BCUT2D eigenvalue weighted by Crippen LogP contribution is -1.88. The van der Waals surface area contributed by atoms with E-state index in [9.17, 15) is 0 Å². The first-order chi connectivity index (χ1) is 38.6. The van der Waals surface area contributed by atoms with Crippen LogP contribution in [0.4, 0.5) is 0 Å². The molecular formula is C78H38. The van der Waals surface area contributed by atoms with E-state index < -0.39 is 0 Å². The molecular weight excluding hydrogens is 937 g/mol. The molecule has 8 aromatic carbocycles. The Balaban J connectivity index is 1.12. The fourth-order valence-corrected chi connectivity index (χ4v) is 8.36. The Morgan fingerprint density at radius 2 is 0.410 bits per heavy atom. The van der Waals surface area contributed by atoms with Crippen LogP contribution in [-0.4, -0.2) is 0 Å². The topological polar surface area (TPSA) is 0 Å². The third-order valence-corrected chi connectivity index (χ3v) is 12.3. The zero-order valence-electron chi connectivity index (χ0n) is 42.0. The molecule has 0 saturated heterocycles. The maximum Gasteiger partial charge on any atom is -0.0000000000000326 e. The zero-order valence-corrected chi connectivity index (χ0v) is 42.0. The van der Waals surface area contributed by atoms with E-state index in [1.54, 1.807) is 0 Å². The summed E-state index contributed by atoms with van der Waals surface area (Å²) in [4.78, 5) is 0. The molecule has 18 bridgehead atoms. The minimum absolute atomic E-state index is 0.687. The van der Waals surface area contributed by atoms with E-state index in [0.717, 1.165) is 100 Å². The summed E-state index contributed by atoms with van der Waals surface area (Å²) in [6.45, 7) is 0. The zero-order chi connectivity index (χ0) is 52.8. The molecule has 0 spiro atoms. The molecule has 9 aliphatic carbocycles. The van der Waals surface area contributed by atoms with Crippen molar-refractivity contribution in [1.82, 2.24) is 0 Å². The summed E-state index contributed by atoms with van der Waals surface area (Å²) >= 11 is 0. The lowest BCUT2D eigenvalue weighted by molar-refractivity contribution is 1.28. The van der Waals surface area contributed by atoms with Crippen LogP contribution in [0.2, 0.25) is 0 Å². The highest BCUT2D eigenvalue weighted by Crippen LogP contribution is 2.36. The van der Waals surface area contributed by atoms with Gasteiger partial charge in [0.05, 0.1) is 0 Å². The first-order valence-corrected chi connectivity index (χ1v) is 24.8. The fourth-order valence-electron chi connectivity index (χ4n) is 8.36. The Hall–Kier alpha value is -12.1. The SMILES string of the molecule is C1=C=C=C=C=C=C=C=Cc2ccc(cc2)-c2cc3cc(c2)-c2ccc(cc2)/C=C\c2ccc(cc2)-c2cc(cc(c2)-c2ccc(cc2)CC=C=C=C=C=C=C=C=C=Cc2ccc-3cc2)-c2ccc(cc2)C=C=C=C=C=C=C=C=1. The van der Waals surface area contributed by atoms with E-state index in [1.807, 2.05) is 24.3 Å². The van der Waals surface area contributed by atoms with Gasteiger partial charge in [0.25, 0.3) is 0 Å². The number of allylic oxidation sites excluding steroid dienone is 1. The van der Waals surface area contributed by atoms with Crippen LogP contribution in [0, 0.1) is 0 Å². The van der Waals surface area contributed by atoms with Gasteiger partial charge in [-0.1, -0.05) is 181 Å². The van der Waals surface area contributed by atoms with Gasteiger partial charge in [-0.3, -0.25) is 0 Å². The van der Waals surface area contributed by atoms with Crippen molar-refractivity contribution in [3.63, 3.8) is 0 Å². The predicted molar refractivity (Wildman–Crippen MR) is 317 cm³/mol. The second-order valence-corrected chi connectivity index (χ2v) is 17.5. The first kappa shape index (κ1) is 49.5. The number of hydrogen-bond donors (Lipinski definition) is 0. The molecule has 0 heteroatoms. The minimum Gasteiger partial charge on any atom is -0.0648 e. The highest BCUT2D eigenvalue weighted by molar-refractivity contribution is 5.84. The van der Waals surface area contributed by atoms with Crippen LogP contribution in [0.15, 0.2) is 320 Å². The number of fused-ring (bicyclic) bond motifs is 4. The summed E-state index contributed by atoms with van der Waals surface area (Å²) in [6, 6.07) is 64.7. The van der Waals surface area contributed by atoms with E-state index in [0.29, 0.717) is 6.42 Å². The quantitative estimate of drug-likeness (QED) is 0.133. The highest BCUT2D eigenvalue weighted by atomic mass is 14.1. The van der Waals surface area contributed by atoms with Gasteiger partial charge in [-0.05, 0) is 276 Å². The molecule has 8 aromatic rings. The Labute approximate surface area is 454 Å². The fraction of sp³-hybridized carbons (Fsp3) is 0.0128. The Morgan fingerprint density at radius 1 is 0.192 bits per heavy atom. The molecule has 78 heavy (non-hydrogen) atoms. The molecule has 9 aliphatic rings. The summed E-state index contributed by atoms with van der Waals surface area (Å²) in [5, 5.41) is 0. The predicted octanol–water partition coefficient (Wildman–Crippen LogP) is 18.5. The number of hydrogen-bond acceptors (Lipinski definition) is 0. The van der Waals surface area contributed by atoms with Gasteiger partial charge in [0.15, 0.2) is 0 Å².